The molecule has 120 valence electrons. The highest BCUT2D eigenvalue weighted by Gasteiger charge is 2.18. The van der Waals surface area contributed by atoms with Crippen LogP contribution in [0, 0.1) is 0 Å². The average molecular weight is 359 g/mol. The Bertz CT molecular complexity index is 1020. The van der Waals surface area contributed by atoms with Crippen LogP contribution in [0.4, 0.5) is 0 Å². The van der Waals surface area contributed by atoms with E-state index in [1.165, 1.54) is 17.5 Å². The van der Waals surface area contributed by atoms with E-state index in [1.807, 2.05) is 24.3 Å². The molecule has 0 spiro atoms. The molecule has 0 aliphatic carbocycles. The van der Waals surface area contributed by atoms with Gasteiger partial charge in [-0.25, -0.2) is 4.79 Å². The maximum atomic E-state index is 12.4. The summed E-state index contributed by atoms with van der Waals surface area (Å²) in [5, 5.41) is 14.7. The summed E-state index contributed by atoms with van der Waals surface area (Å²) in [4.78, 5) is 13.3. The molecular weight excluding hydrogens is 348 g/mol. The van der Waals surface area contributed by atoms with Crippen LogP contribution in [0.2, 0.25) is 4.34 Å². The van der Waals surface area contributed by atoms with Crippen LogP contribution in [-0.4, -0.2) is 26.4 Å². The van der Waals surface area contributed by atoms with Crippen molar-refractivity contribution in [1.29, 1.82) is 0 Å². The number of thiophene rings is 1. The third-order valence-corrected chi connectivity index (χ3v) is 4.85. The summed E-state index contributed by atoms with van der Waals surface area (Å²) in [6.45, 7) is 0.147. The van der Waals surface area contributed by atoms with E-state index in [0.717, 1.165) is 21.3 Å². The number of ether oxygens (including phenoxy) is 1. The summed E-state index contributed by atoms with van der Waals surface area (Å²) >= 11 is 7.32. The lowest BCUT2D eigenvalue weighted by atomic mass is 10.1. The Kier molecular flexibility index (Phi) is 3.79. The summed E-state index contributed by atoms with van der Waals surface area (Å²) in [6, 6.07) is 9.35. The number of benzene rings is 1. The van der Waals surface area contributed by atoms with E-state index in [-0.39, 0.29) is 6.61 Å². The standard InChI is InChI=1S/C16H11ClN4O2S/c17-13-5-4-12(24-13)15-11(7-19-21-15)16(22)23-8-10-3-1-2-9-6-18-20-14(9)10/h1-7H,8H2,(H,18,20)(H,19,21). The quantitative estimate of drug-likeness (QED) is 0.539. The highest BCUT2D eigenvalue weighted by Crippen LogP contribution is 2.32. The number of aromatic amines is 2. The van der Waals surface area contributed by atoms with E-state index in [2.05, 4.69) is 20.4 Å². The van der Waals surface area contributed by atoms with Crippen molar-refractivity contribution in [2.24, 2.45) is 0 Å². The number of carbonyl (C=O) groups excluding carboxylic acids is 1. The minimum atomic E-state index is -0.445. The highest BCUT2D eigenvalue weighted by molar-refractivity contribution is 7.19. The maximum absolute atomic E-state index is 12.4. The van der Waals surface area contributed by atoms with Gasteiger partial charge >= 0.3 is 5.97 Å². The zero-order valence-corrected chi connectivity index (χ0v) is 13.8. The van der Waals surface area contributed by atoms with Crippen molar-refractivity contribution in [3.63, 3.8) is 0 Å². The van der Waals surface area contributed by atoms with Gasteiger partial charge in [-0.3, -0.25) is 10.2 Å². The van der Waals surface area contributed by atoms with E-state index in [1.54, 1.807) is 12.3 Å². The van der Waals surface area contributed by atoms with Gasteiger partial charge in [0.15, 0.2) is 0 Å². The van der Waals surface area contributed by atoms with Crippen molar-refractivity contribution in [3.05, 3.63) is 58.2 Å². The lowest BCUT2D eigenvalue weighted by molar-refractivity contribution is 0.0475. The fourth-order valence-corrected chi connectivity index (χ4v) is 3.50. The Morgan fingerprint density at radius 1 is 1.17 bits per heavy atom. The number of esters is 1. The fourth-order valence-electron chi connectivity index (χ4n) is 2.45. The molecule has 3 aromatic heterocycles. The van der Waals surface area contributed by atoms with Crippen molar-refractivity contribution in [1.82, 2.24) is 20.4 Å². The number of para-hydroxylation sites is 1. The Balaban J connectivity index is 1.55. The number of nitrogens with zero attached hydrogens (tertiary/aromatic N) is 2. The first kappa shape index (κ1) is 14.9. The van der Waals surface area contributed by atoms with Gasteiger partial charge in [0.05, 0.1) is 32.8 Å². The van der Waals surface area contributed by atoms with Gasteiger partial charge in [0.1, 0.15) is 12.2 Å². The molecule has 4 aromatic rings. The molecule has 0 atom stereocenters. The van der Waals surface area contributed by atoms with E-state index in [4.69, 9.17) is 16.3 Å². The minimum Gasteiger partial charge on any atom is -0.457 e. The zero-order chi connectivity index (χ0) is 16.5. The Morgan fingerprint density at radius 2 is 2.04 bits per heavy atom. The maximum Gasteiger partial charge on any atom is 0.342 e. The number of hydrogen-bond donors (Lipinski definition) is 2. The molecular formula is C16H11ClN4O2S. The SMILES string of the molecule is O=C(OCc1cccc2cn[nH]c12)c1cn[nH]c1-c1ccc(Cl)s1. The third kappa shape index (κ3) is 2.68. The number of nitrogens with one attached hydrogen (secondary N) is 2. The van der Waals surface area contributed by atoms with Gasteiger partial charge in [-0.1, -0.05) is 29.8 Å². The van der Waals surface area contributed by atoms with Crippen LogP contribution >= 0.6 is 22.9 Å². The molecule has 0 amide bonds. The van der Waals surface area contributed by atoms with Gasteiger partial charge in [-0.15, -0.1) is 11.3 Å². The van der Waals surface area contributed by atoms with Gasteiger partial charge < -0.3 is 4.74 Å². The van der Waals surface area contributed by atoms with Crippen molar-refractivity contribution in [3.8, 4) is 10.6 Å². The molecule has 0 unspecified atom stereocenters. The molecule has 0 fully saturated rings. The normalized spacial score (nSPS) is 11.0. The number of aromatic nitrogens is 4. The predicted molar refractivity (Wildman–Crippen MR) is 92.1 cm³/mol. The zero-order valence-electron chi connectivity index (χ0n) is 12.2. The second kappa shape index (κ2) is 6.10. The summed E-state index contributed by atoms with van der Waals surface area (Å²) in [6.07, 6.45) is 3.19. The van der Waals surface area contributed by atoms with Gasteiger partial charge in [-0.2, -0.15) is 10.2 Å². The van der Waals surface area contributed by atoms with E-state index in [0.29, 0.717) is 15.6 Å². The van der Waals surface area contributed by atoms with Crippen molar-refractivity contribution in [2.75, 3.05) is 0 Å². The molecule has 2 N–H and O–H groups in total. The molecule has 1 aromatic carbocycles. The number of halogens is 1. The van der Waals surface area contributed by atoms with Crippen LogP contribution in [0.1, 0.15) is 15.9 Å². The molecule has 0 saturated heterocycles. The molecule has 4 rings (SSSR count). The summed E-state index contributed by atoms with van der Waals surface area (Å²) in [5.74, 6) is -0.445. The molecule has 0 saturated carbocycles. The van der Waals surface area contributed by atoms with Crippen molar-refractivity contribution in [2.45, 2.75) is 6.61 Å². The van der Waals surface area contributed by atoms with Gasteiger partial charge in [0.2, 0.25) is 0 Å². The van der Waals surface area contributed by atoms with Crippen LogP contribution in [0.3, 0.4) is 0 Å². The topological polar surface area (TPSA) is 83.7 Å². The first-order valence-corrected chi connectivity index (χ1v) is 8.29. The molecule has 6 nitrogen and oxygen atoms in total. The molecule has 24 heavy (non-hydrogen) atoms. The summed E-state index contributed by atoms with van der Waals surface area (Å²) in [7, 11) is 0. The highest BCUT2D eigenvalue weighted by atomic mass is 35.5. The van der Waals surface area contributed by atoms with Gasteiger partial charge in [-0.05, 0) is 12.1 Å². The van der Waals surface area contributed by atoms with Crippen LogP contribution in [0.5, 0.6) is 0 Å². The smallest absolute Gasteiger partial charge is 0.342 e. The minimum absolute atomic E-state index is 0.147. The largest absolute Gasteiger partial charge is 0.457 e. The third-order valence-electron chi connectivity index (χ3n) is 3.60. The number of carbonyl (C=O) groups is 1. The van der Waals surface area contributed by atoms with E-state index in [9.17, 15) is 4.79 Å². The first-order chi connectivity index (χ1) is 11.7. The number of fused-ring (bicyclic) bond motifs is 1. The van der Waals surface area contributed by atoms with Crippen LogP contribution < -0.4 is 0 Å². The first-order valence-electron chi connectivity index (χ1n) is 7.09. The fraction of sp³-hybridized carbons (Fsp3) is 0.0625. The van der Waals surface area contributed by atoms with Gasteiger partial charge in [0, 0.05) is 10.9 Å². The molecule has 0 bridgehead atoms. The van der Waals surface area contributed by atoms with E-state index >= 15 is 0 Å². The molecule has 8 heteroatoms. The van der Waals surface area contributed by atoms with Crippen LogP contribution in [-0.2, 0) is 11.3 Å². The van der Waals surface area contributed by atoms with Crippen LogP contribution in [0.25, 0.3) is 21.5 Å². The second-order valence-electron chi connectivity index (χ2n) is 5.09. The lowest BCUT2D eigenvalue weighted by Gasteiger charge is -2.06. The Hall–Kier alpha value is -2.64. The average Bonchev–Trinajstić information content (AvgIpc) is 3.31. The van der Waals surface area contributed by atoms with E-state index < -0.39 is 5.97 Å². The molecule has 0 aliphatic heterocycles. The van der Waals surface area contributed by atoms with Crippen molar-refractivity contribution < 1.29 is 9.53 Å². The Labute approximate surface area is 145 Å². The van der Waals surface area contributed by atoms with Crippen LogP contribution in [0.15, 0.2) is 42.7 Å². The number of H-pyrrole nitrogens is 2. The lowest BCUT2D eigenvalue weighted by Crippen LogP contribution is -2.06. The summed E-state index contributed by atoms with van der Waals surface area (Å²) in [5.41, 5.74) is 2.72. The number of rotatable bonds is 4. The molecule has 0 radical (unpaired) electrons. The van der Waals surface area contributed by atoms with Crippen molar-refractivity contribution >= 4 is 39.8 Å². The summed E-state index contributed by atoms with van der Waals surface area (Å²) < 4.78 is 6.09. The van der Waals surface area contributed by atoms with Gasteiger partial charge in [0.25, 0.3) is 0 Å². The molecule has 0 aliphatic rings. The second-order valence-corrected chi connectivity index (χ2v) is 6.81. The molecule has 3 heterocycles. The predicted octanol–water partition coefficient (Wildman–Crippen LogP) is 4.02. The Morgan fingerprint density at radius 3 is 2.88 bits per heavy atom. The number of hydrogen-bond acceptors (Lipinski definition) is 5. The monoisotopic (exact) mass is 358 g/mol.